The highest BCUT2D eigenvalue weighted by Crippen LogP contribution is 2.40. The Balaban J connectivity index is 1.53. The van der Waals surface area contributed by atoms with E-state index in [0.29, 0.717) is 11.1 Å². The minimum atomic E-state index is -4.47. The first-order chi connectivity index (χ1) is 16.0. The van der Waals surface area contributed by atoms with Crippen LogP contribution in [0.1, 0.15) is 27.0 Å². The van der Waals surface area contributed by atoms with Crippen LogP contribution in [0.3, 0.4) is 0 Å². The lowest BCUT2D eigenvalue weighted by Crippen LogP contribution is -2.70. The zero-order chi connectivity index (χ0) is 24.8. The molecule has 0 aliphatic carbocycles. The van der Waals surface area contributed by atoms with Gasteiger partial charge in [-0.25, -0.2) is 9.36 Å². The van der Waals surface area contributed by atoms with Crippen LogP contribution in [0.25, 0.3) is 0 Å². The van der Waals surface area contributed by atoms with E-state index in [0.717, 1.165) is 28.2 Å². The lowest BCUT2D eigenvalue weighted by atomic mass is 10.0. The Hall–Kier alpha value is -3.34. The van der Waals surface area contributed by atoms with Gasteiger partial charge in [0, 0.05) is 29.0 Å². The summed E-state index contributed by atoms with van der Waals surface area (Å²) in [6.45, 7) is 3.65. The molecule has 2 aliphatic rings. The van der Waals surface area contributed by atoms with Crippen molar-refractivity contribution >= 4 is 29.5 Å². The number of carboxylic acid groups (broad SMARTS) is 1. The number of fused-ring (bicyclic) bond motifs is 1. The second kappa shape index (κ2) is 8.79. The first kappa shape index (κ1) is 23.8. The van der Waals surface area contributed by atoms with Crippen molar-refractivity contribution in [2.75, 3.05) is 5.75 Å². The Morgan fingerprint density at radius 3 is 2.50 bits per heavy atom. The number of nitrogens with one attached hydrogen (secondary N) is 1. The molecule has 2 amide bonds. The maximum atomic E-state index is 12.9. The average Bonchev–Trinajstić information content (AvgIpc) is 2.78. The number of carbonyl (C=O) groups excluding carboxylic acids is 2. The number of alkyl halides is 3. The number of halogens is 3. The topological polar surface area (TPSA) is 90.6 Å². The number of carbonyl (C=O) groups is 3. The number of aryl methyl sites for hydroxylation is 2. The maximum absolute atomic E-state index is 12.9. The molecule has 1 fully saturated rings. The second-order valence-corrected chi connectivity index (χ2v) is 9.30. The largest absolute Gasteiger partial charge is 0.477 e. The summed E-state index contributed by atoms with van der Waals surface area (Å²) in [7, 11) is 0. The van der Waals surface area contributed by atoms with E-state index in [1.165, 1.54) is 28.7 Å². The van der Waals surface area contributed by atoms with Gasteiger partial charge in [-0.3, -0.25) is 14.5 Å². The molecule has 2 aromatic rings. The van der Waals surface area contributed by atoms with Crippen molar-refractivity contribution in [3.8, 4) is 0 Å². The summed E-state index contributed by atoms with van der Waals surface area (Å²) < 4.78 is 39.8. The molecule has 1 aromatic carbocycles. The molecule has 1 saturated heterocycles. The molecule has 178 valence electrons. The highest BCUT2D eigenvalue weighted by Gasteiger charge is 2.54. The van der Waals surface area contributed by atoms with Crippen LogP contribution in [0.5, 0.6) is 0 Å². The lowest BCUT2D eigenvalue weighted by molar-refractivity contribution is -0.689. The number of hydrogen-bond acceptors (Lipinski definition) is 4. The van der Waals surface area contributed by atoms with E-state index in [1.807, 2.05) is 19.1 Å². The zero-order valence-electron chi connectivity index (χ0n) is 18.2. The summed E-state index contributed by atoms with van der Waals surface area (Å²) in [5.74, 6) is -2.00. The van der Waals surface area contributed by atoms with Gasteiger partial charge in [0.15, 0.2) is 18.9 Å². The predicted molar refractivity (Wildman–Crippen MR) is 117 cm³/mol. The van der Waals surface area contributed by atoms with Crippen LogP contribution in [0.2, 0.25) is 0 Å². The number of thioether (sulfide) groups is 1. The SMILES string of the molecule is Cc1ccc(C)c(C(=O)NC2C(=O)N3C(C(=O)O)=C(C[n+]4ccc(C(F)(F)F)cc4)CS[C@@H]23)c1. The Labute approximate surface area is 197 Å². The number of nitrogens with zero attached hydrogens (tertiary/aromatic N) is 2. The van der Waals surface area contributed by atoms with Gasteiger partial charge in [0.2, 0.25) is 0 Å². The quantitative estimate of drug-likeness (QED) is 0.495. The number of pyridine rings is 1. The Kier molecular flexibility index (Phi) is 6.15. The normalized spacial score (nSPS) is 20.0. The Morgan fingerprint density at radius 2 is 1.88 bits per heavy atom. The molecule has 34 heavy (non-hydrogen) atoms. The number of aliphatic carboxylic acids is 1. The zero-order valence-corrected chi connectivity index (χ0v) is 19.0. The smallest absolute Gasteiger partial charge is 0.416 e. The Bertz CT molecular complexity index is 1210. The van der Waals surface area contributed by atoms with Gasteiger partial charge in [-0.05, 0) is 25.5 Å². The molecular formula is C23H21F3N3O4S+. The summed E-state index contributed by atoms with van der Waals surface area (Å²) in [4.78, 5) is 38.8. The van der Waals surface area contributed by atoms with Gasteiger partial charge in [-0.15, -0.1) is 11.8 Å². The van der Waals surface area contributed by atoms with Gasteiger partial charge in [0.25, 0.3) is 11.8 Å². The molecule has 2 atom stereocenters. The van der Waals surface area contributed by atoms with Gasteiger partial charge in [-0.2, -0.15) is 13.2 Å². The van der Waals surface area contributed by atoms with Crippen molar-refractivity contribution in [2.45, 2.75) is 38.0 Å². The Morgan fingerprint density at radius 1 is 1.21 bits per heavy atom. The van der Waals surface area contributed by atoms with E-state index in [2.05, 4.69) is 5.32 Å². The maximum Gasteiger partial charge on any atom is 0.416 e. The third-order valence-electron chi connectivity index (χ3n) is 5.77. The number of carboxylic acids is 1. The van der Waals surface area contributed by atoms with Crippen LogP contribution in [0.15, 0.2) is 54.0 Å². The van der Waals surface area contributed by atoms with Crippen LogP contribution < -0.4 is 9.88 Å². The van der Waals surface area contributed by atoms with Crippen molar-refractivity contribution < 1.29 is 37.2 Å². The van der Waals surface area contributed by atoms with Gasteiger partial charge in [0.05, 0.1) is 5.56 Å². The molecule has 1 unspecified atom stereocenters. The number of aromatic nitrogens is 1. The fourth-order valence-corrected chi connectivity index (χ4v) is 5.31. The number of hydrogen-bond donors (Lipinski definition) is 2. The predicted octanol–water partition coefficient (Wildman–Crippen LogP) is 2.66. The van der Waals surface area contributed by atoms with E-state index in [1.54, 1.807) is 13.0 Å². The second-order valence-electron chi connectivity index (χ2n) is 8.19. The van der Waals surface area contributed by atoms with E-state index in [9.17, 15) is 32.7 Å². The summed E-state index contributed by atoms with van der Waals surface area (Å²) in [6, 6.07) is 6.36. The molecule has 1 aromatic heterocycles. The molecular weight excluding hydrogens is 471 g/mol. The van der Waals surface area contributed by atoms with Crippen LogP contribution >= 0.6 is 11.8 Å². The van der Waals surface area contributed by atoms with E-state index >= 15 is 0 Å². The van der Waals surface area contributed by atoms with Crippen LogP contribution in [-0.2, 0) is 22.3 Å². The van der Waals surface area contributed by atoms with Crippen molar-refractivity contribution in [3.05, 3.63) is 76.2 Å². The molecule has 0 spiro atoms. The summed E-state index contributed by atoms with van der Waals surface area (Å²) in [6.07, 6.45) is -2.03. The molecule has 11 heteroatoms. The lowest BCUT2D eigenvalue weighted by Gasteiger charge is -2.49. The van der Waals surface area contributed by atoms with Gasteiger partial charge < -0.3 is 10.4 Å². The van der Waals surface area contributed by atoms with Crippen molar-refractivity contribution in [3.63, 3.8) is 0 Å². The van der Waals surface area contributed by atoms with Gasteiger partial charge >= 0.3 is 12.1 Å². The van der Waals surface area contributed by atoms with Crippen molar-refractivity contribution in [2.24, 2.45) is 0 Å². The van der Waals surface area contributed by atoms with Gasteiger partial charge in [0.1, 0.15) is 17.1 Å². The molecule has 7 nitrogen and oxygen atoms in total. The molecule has 3 heterocycles. The molecule has 2 N–H and O–H groups in total. The fourth-order valence-electron chi connectivity index (χ4n) is 3.98. The minimum Gasteiger partial charge on any atom is -0.477 e. The molecule has 0 radical (unpaired) electrons. The summed E-state index contributed by atoms with van der Waals surface area (Å²) >= 11 is 1.30. The van der Waals surface area contributed by atoms with E-state index < -0.39 is 40.9 Å². The number of amides is 2. The molecule has 4 rings (SSSR count). The molecule has 0 bridgehead atoms. The van der Waals surface area contributed by atoms with E-state index in [4.69, 9.17) is 0 Å². The minimum absolute atomic E-state index is 0.0166. The summed E-state index contributed by atoms with van der Waals surface area (Å²) in [5, 5.41) is 11.9. The molecule has 0 saturated carbocycles. The highest BCUT2D eigenvalue weighted by molar-refractivity contribution is 8.00. The number of benzene rings is 1. The first-order valence-corrected chi connectivity index (χ1v) is 11.4. The number of β-lactam (4-membered cyclic amide) rings is 1. The standard InChI is InChI=1S/C23H20F3N3O4S/c1-12-3-4-13(2)16(9-12)19(30)27-17-20(31)29-18(22(32)33)14(11-34-21(17)29)10-28-7-5-15(6-8-28)23(24,25)26/h3-9,17,21H,10-11H2,1-2H3,(H-,27,30,32,33)/p+1/t17?,21-/m0/s1. The third kappa shape index (κ3) is 4.39. The third-order valence-corrected chi connectivity index (χ3v) is 7.11. The van der Waals surface area contributed by atoms with Crippen LogP contribution in [0.4, 0.5) is 13.2 Å². The first-order valence-electron chi connectivity index (χ1n) is 10.3. The summed E-state index contributed by atoms with van der Waals surface area (Å²) in [5.41, 5.74) is 1.48. The van der Waals surface area contributed by atoms with Crippen LogP contribution in [-0.4, -0.2) is 45.0 Å². The van der Waals surface area contributed by atoms with E-state index in [-0.39, 0.29) is 18.0 Å². The number of rotatable bonds is 5. The molecule has 2 aliphatic heterocycles. The fraction of sp³-hybridized carbons (Fsp3) is 0.304. The van der Waals surface area contributed by atoms with Crippen LogP contribution in [0, 0.1) is 13.8 Å². The van der Waals surface area contributed by atoms with Gasteiger partial charge in [-0.1, -0.05) is 17.7 Å². The monoisotopic (exact) mass is 492 g/mol. The highest BCUT2D eigenvalue weighted by atomic mass is 32.2. The van der Waals surface area contributed by atoms with Crippen molar-refractivity contribution in [1.82, 2.24) is 10.2 Å². The average molecular weight is 492 g/mol. The van der Waals surface area contributed by atoms with Crippen molar-refractivity contribution in [1.29, 1.82) is 0 Å².